The number of hydrogen-bond donors (Lipinski definition) is 0. The summed E-state index contributed by atoms with van der Waals surface area (Å²) in [7, 11) is 0. The van der Waals surface area contributed by atoms with Gasteiger partial charge in [-0.2, -0.15) is 0 Å². The number of nitrogens with zero attached hydrogens (tertiary/aromatic N) is 2. The Hall–Kier alpha value is -8.20. The predicted octanol–water partition coefficient (Wildman–Crippen LogP) is 16.3. The fraction of sp³-hybridized carbons (Fsp3) is 0. The van der Waals surface area contributed by atoms with E-state index in [2.05, 4.69) is 228 Å². The Morgan fingerprint density at radius 2 is 0.839 bits per heavy atom. The van der Waals surface area contributed by atoms with Crippen molar-refractivity contribution in [2.45, 2.75) is 0 Å². The van der Waals surface area contributed by atoms with Crippen molar-refractivity contribution in [2.75, 3.05) is 0 Å². The lowest BCUT2D eigenvalue weighted by Gasteiger charge is -2.13. The second-order valence-corrected chi connectivity index (χ2v) is 16.9. The zero-order chi connectivity index (χ0) is 40.5. The van der Waals surface area contributed by atoms with Crippen LogP contribution in [0.5, 0.6) is 0 Å². The maximum atomic E-state index is 2.50. The van der Waals surface area contributed by atoms with Crippen LogP contribution in [-0.4, -0.2) is 9.13 Å². The lowest BCUT2D eigenvalue weighted by molar-refractivity contribution is 1.18. The van der Waals surface area contributed by atoms with Gasteiger partial charge in [-0.25, -0.2) is 0 Å². The van der Waals surface area contributed by atoms with Crippen molar-refractivity contribution in [2.24, 2.45) is 0 Å². The third-order valence-corrected chi connectivity index (χ3v) is 13.6. The molecule has 0 unspecified atom stereocenters. The molecule has 62 heavy (non-hydrogen) atoms. The van der Waals surface area contributed by atoms with Crippen molar-refractivity contribution in [3.05, 3.63) is 218 Å². The first kappa shape index (κ1) is 33.6. The highest BCUT2D eigenvalue weighted by atomic mass is 15.0. The molecule has 0 aliphatic heterocycles. The molecule has 1 aliphatic rings. The summed E-state index contributed by atoms with van der Waals surface area (Å²) < 4.78 is 4.91. The van der Waals surface area contributed by atoms with Crippen LogP contribution >= 0.6 is 0 Å². The molecule has 0 saturated carbocycles. The van der Waals surface area contributed by atoms with E-state index in [0.29, 0.717) is 0 Å². The molecule has 0 amide bonds. The topological polar surface area (TPSA) is 9.86 Å². The Kier molecular flexibility index (Phi) is 6.86. The monoisotopic (exact) mass is 784 g/mol. The average molecular weight is 785 g/mol. The summed E-state index contributed by atoms with van der Waals surface area (Å²) in [5, 5.41) is 12.7. The Labute approximate surface area is 357 Å². The largest absolute Gasteiger partial charge is 0.309 e. The molecular formula is C60H36N2. The van der Waals surface area contributed by atoms with Crippen LogP contribution in [-0.2, 0) is 0 Å². The molecule has 2 aromatic heterocycles. The first-order valence-corrected chi connectivity index (χ1v) is 21.5. The van der Waals surface area contributed by atoms with Crippen molar-refractivity contribution in [3.8, 4) is 55.9 Å². The van der Waals surface area contributed by atoms with E-state index in [1.807, 2.05) is 0 Å². The quantitative estimate of drug-likeness (QED) is 0.168. The van der Waals surface area contributed by atoms with Crippen molar-refractivity contribution < 1.29 is 0 Å². The molecule has 0 fully saturated rings. The first-order valence-electron chi connectivity index (χ1n) is 21.5. The van der Waals surface area contributed by atoms with Crippen LogP contribution in [0.2, 0.25) is 0 Å². The zero-order valence-electron chi connectivity index (χ0n) is 33.7. The van der Waals surface area contributed by atoms with Gasteiger partial charge in [0.2, 0.25) is 0 Å². The molecule has 2 heteroatoms. The molecule has 1 aliphatic carbocycles. The van der Waals surface area contributed by atoms with E-state index >= 15 is 0 Å². The van der Waals surface area contributed by atoms with Crippen LogP contribution < -0.4 is 0 Å². The van der Waals surface area contributed by atoms with Crippen LogP contribution in [0, 0.1) is 0 Å². The summed E-state index contributed by atoms with van der Waals surface area (Å²) in [6.45, 7) is 0. The molecule has 0 atom stereocenters. The minimum atomic E-state index is 1.15. The summed E-state index contributed by atoms with van der Waals surface area (Å²) in [5.74, 6) is 0. The summed E-state index contributed by atoms with van der Waals surface area (Å²) >= 11 is 0. The molecule has 0 N–H and O–H groups in total. The van der Waals surface area contributed by atoms with Crippen LogP contribution in [0.1, 0.15) is 0 Å². The summed E-state index contributed by atoms with van der Waals surface area (Å²) in [6.07, 6.45) is 0. The number of rotatable bonds is 4. The van der Waals surface area contributed by atoms with E-state index in [-0.39, 0.29) is 0 Å². The molecule has 2 nitrogen and oxygen atoms in total. The number of para-hydroxylation sites is 1. The molecule has 0 radical (unpaired) electrons. The maximum absolute atomic E-state index is 2.50. The van der Waals surface area contributed by atoms with Crippen molar-refractivity contribution in [1.82, 2.24) is 9.13 Å². The van der Waals surface area contributed by atoms with Gasteiger partial charge in [0, 0.05) is 38.3 Å². The second-order valence-electron chi connectivity index (χ2n) is 16.9. The molecule has 2 heterocycles. The molecule has 0 saturated heterocycles. The first-order chi connectivity index (χ1) is 30.7. The lowest BCUT2D eigenvalue weighted by Crippen LogP contribution is -1.95. The van der Waals surface area contributed by atoms with Crippen LogP contribution in [0.3, 0.4) is 0 Å². The zero-order valence-corrected chi connectivity index (χ0v) is 33.7. The molecule has 286 valence electrons. The summed E-state index contributed by atoms with van der Waals surface area (Å²) in [5.41, 5.74) is 17.3. The molecule has 0 spiro atoms. The van der Waals surface area contributed by atoms with Crippen LogP contribution in [0.15, 0.2) is 218 Å². The van der Waals surface area contributed by atoms with Crippen LogP contribution in [0.4, 0.5) is 0 Å². The molecule has 13 aromatic rings. The number of benzene rings is 11. The molecule has 0 bridgehead atoms. The Morgan fingerprint density at radius 1 is 0.242 bits per heavy atom. The van der Waals surface area contributed by atoms with Gasteiger partial charge in [-0.15, -0.1) is 0 Å². The molecule has 11 aromatic carbocycles. The third-order valence-electron chi connectivity index (χ3n) is 13.6. The van der Waals surface area contributed by atoms with Crippen LogP contribution in [0.25, 0.3) is 132 Å². The normalized spacial score (nSPS) is 12.2. The average Bonchev–Trinajstić information content (AvgIpc) is 3.98. The minimum absolute atomic E-state index is 1.15. The Bertz CT molecular complexity index is 4030. The Balaban J connectivity index is 0.977. The third kappa shape index (κ3) is 4.69. The fourth-order valence-corrected chi connectivity index (χ4v) is 10.9. The number of aromatic nitrogens is 2. The van der Waals surface area contributed by atoms with Crippen molar-refractivity contribution in [3.63, 3.8) is 0 Å². The van der Waals surface area contributed by atoms with E-state index in [9.17, 15) is 0 Å². The number of fused-ring (bicyclic) bond motifs is 13. The van der Waals surface area contributed by atoms with Gasteiger partial charge in [0.15, 0.2) is 0 Å². The highest BCUT2D eigenvalue weighted by Gasteiger charge is 2.23. The van der Waals surface area contributed by atoms with E-state index in [1.165, 1.54) is 126 Å². The van der Waals surface area contributed by atoms with E-state index < -0.39 is 0 Å². The van der Waals surface area contributed by atoms with Gasteiger partial charge in [0.25, 0.3) is 0 Å². The second kappa shape index (κ2) is 12.7. The lowest BCUT2D eigenvalue weighted by atomic mass is 9.96. The smallest absolute Gasteiger partial charge is 0.0619 e. The van der Waals surface area contributed by atoms with Gasteiger partial charge in [0.1, 0.15) is 0 Å². The highest BCUT2D eigenvalue weighted by Crippen LogP contribution is 2.49. The Morgan fingerprint density at radius 3 is 1.68 bits per heavy atom. The SMILES string of the molecule is c1ccc(-n2c3ccc(-c4ccc5c(c4)c4ccc6ccccc6c4n5-c4cccc(-c5cc6c7c(cccc7c5)-c5ccccc5-6)c4)cc3c3c4ccccc4ccc32)cc1. The molecule has 14 rings (SSSR count). The maximum Gasteiger partial charge on any atom is 0.0619 e. The predicted molar refractivity (Wildman–Crippen MR) is 263 cm³/mol. The van der Waals surface area contributed by atoms with E-state index in [4.69, 9.17) is 0 Å². The van der Waals surface area contributed by atoms with E-state index in [1.54, 1.807) is 0 Å². The highest BCUT2D eigenvalue weighted by molar-refractivity contribution is 6.23. The van der Waals surface area contributed by atoms with E-state index in [0.717, 1.165) is 5.69 Å². The van der Waals surface area contributed by atoms with Crippen molar-refractivity contribution >= 4 is 75.9 Å². The van der Waals surface area contributed by atoms with Gasteiger partial charge in [0.05, 0.1) is 22.1 Å². The minimum Gasteiger partial charge on any atom is -0.309 e. The van der Waals surface area contributed by atoms with Gasteiger partial charge in [-0.1, -0.05) is 152 Å². The van der Waals surface area contributed by atoms with Gasteiger partial charge in [-0.3, -0.25) is 0 Å². The van der Waals surface area contributed by atoms with Gasteiger partial charge >= 0.3 is 0 Å². The van der Waals surface area contributed by atoms with Gasteiger partial charge in [-0.05, 0) is 138 Å². The fourth-order valence-electron chi connectivity index (χ4n) is 10.9. The molecular weight excluding hydrogens is 749 g/mol. The van der Waals surface area contributed by atoms with Crippen molar-refractivity contribution in [1.29, 1.82) is 0 Å². The number of hydrogen-bond acceptors (Lipinski definition) is 0. The van der Waals surface area contributed by atoms with Gasteiger partial charge < -0.3 is 9.13 Å². The standard InChI is InChI=1S/C60H36N2/c1-2-16-44(17-3-1)61-56-30-27-41(35-54(56)59-46-19-6-4-12-37(46)25-31-57(59)61)40-26-29-55-52(34-40)51-28-24-38-13-5-7-20-47(38)60(51)62(55)45-18-10-14-39(33-45)43-32-42-15-11-23-50-48-21-8-9-22-49(48)53(36-43)58(42)50/h1-36H. The summed E-state index contributed by atoms with van der Waals surface area (Å²) in [6, 6.07) is 81.1. The summed E-state index contributed by atoms with van der Waals surface area (Å²) in [4.78, 5) is 0.